The Balaban J connectivity index is 1.43. The maximum absolute atomic E-state index is 14.4. The summed E-state index contributed by atoms with van der Waals surface area (Å²) < 4.78 is 7.24. The number of carbonyl (C=O) groups excluding carboxylic acids is 4. The van der Waals surface area contributed by atoms with Gasteiger partial charge in [0.05, 0.1) is 32.0 Å². The van der Waals surface area contributed by atoms with Crippen LogP contribution in [0.2, 0.25) is 0 Å². The number of carbonyl (C=O) groups is 4. The number of aliphatic hydroxyl groups is 1. The molecule has 0 aliphatic carbocycles. The summed E-state index contributed by atoms with van der Waals surface area (Å²) in [6.45, 7) is 8.19. The van der Waals surface area contributed by atoms with Crippen LogP contribution in [0, 0.1) is 11.3 Å². The van der Waals surface area contributed by atoms with Crippen LogP contribution in [0.3, 0.4) is 0 Å². The van der Waals surface area contributed by atoms with Gasteiger partial charge in [0.2, 0.25) is 23.6 Å². The summed E-state index contributed by atoms with van der Waals surface area (Å²) in [5.41, 5.74) is 8.57. The van der Waals surface area contributed by atoms with Crippen LogP contribution in [0.25, 0.3) is 11.1 Å². The molecule has 280 valence electrons. The third-order valence-electron chi connectivity index (χ3n) is 9.36. The number of ether oxygens (including phenoxy) is 1. The summed E-state index contributed by atoms with van der Waals surface area (Å²) in [5, 5.41) is 30.2. The van der Waals surface area contributed by atoms with Gasteiger partial charge in [0, 0.05) is 26.1 Å². The lowest BCUT2D eigenvalue weighted by Gasteiger charge is -2.35. The van der Waals surface area contributed by atoms with E-state index in [1.807, 2.05) is 82.3 Å². The van der Waals surface area contributed by atoms with Crippen molar-refractivity contribution in [2.24, 2.45) is 17.1 Å². The van der Waals surface area contributed by atoms with E-state index in [0.29, 0.717) is 18.7 Å². The molecule has 15 heteroatoms. The zero-order chi connectivity index (χ0) is 37.4. The van der Waals surface area contributed by atoms with Crippen LogP contribution in [-0.4, -0.2) is 106 Å². The maximum Gasteiger partial charge on any atom is 0.248 e. The monoisotopic (exact) mass is 717 g/mol. The number of aromatic nitrogens is 3. The number of nitrogens with zero attached hydrogens (tertiary/aromatic N) is 4. The van der Waals surface area contributed by atoms with Gasteiger partial charge in [0.1, 0.15) is 30.0 Å². The Morgan fingerprint density at radius 3 is 2.38 bits per heavy atom. The predicted molar refractivity (Wildman–Crippen MR) is 193 cm³/mol. The highest BCUT2D eigenvalue weighted by molar-refractivity contribution is 5.94. The van der Waals surface area contributed by atoms with Crippen molar-refractivity contribution in [3.63, 3.8) is 0 Å². The van der Waals surface area contributed by atoms with Gasteiger partial charge in [0.15, 0.2) is 0 Å². The second-order valence-corrected chi connectivity index (χ2v) is 14.7. The first-order valence-corrected chi connectivity index (χ1v) is 17.8. The highest BCUT2D eigenvalue weighted by Crippen LogP contribution is 2.35. The lowest BCUT2D eigenvalue weighted by atomic mass is 9.85. The van der Waals surface area contributed by atoms with Crippen LogP contribution in [0.5, 0.6) is 0 Å². The van der Waals surface area contributed by atoms with E-state index in [9.17, 15) is 24.3 Å². The first kappa shape index (κ1) is 38.5. The number of hydrogen-bond donors (Lipinski definition) is 6. The SMILES string of the molecule is C[C@@H]1C[C@H]2C(=O)N[C@H](Cc3ccc(-c4ccccc4)cc3)C(=O)NCC(=O)N[C@H](CN)C(O)NCCOCc3cn(nn3)[C@@H](C(C)(C)C)C(=O)N2C1. The molecule has 7 N–H and O–H groups in total. The quantitative estimate of drug-likeness (QED) is 0.220. The number of amides is 4. The molecule has 0 radical (unpaired) electrons. The van der Waals surface area contributed by atoms with Crippen LogP contribution in [0.4, 0.5) is 0 Å². The Bertz CT molecular complexity index is 1680. The molecule has 2 aliphatic rings. The minimum Gasteiger partial charge on any atom is -0.376 e. The molecule has 1 unspecified atom stereocenters. The summed E-state index contributed by atoms with van der Waals surface area (Å²) in [6, 6.07) is 14.0. The van der Waals surface area contributed by atoms with E-state index >= 15 is 0 Å². The highest BCUT2D eigenvalue weighted by Gasteiger charge is 2.45. The van der Waals surface area contributed by atoms with E-state index in [4.69, 9.17) is 10.5 Å². The lowest BCUT2D eigenvalue weighted by Crippen LogP contribution is -2.57. The fourth-order valence-corrected chi connectivity index (χ4v) is 6.67. The van der Waals surface area contributed by atoms with Gasteiger partial charge in [-0.3, -0.25) is 24.5 Å². The number of aliphatic hydroxyl groups excluding tert-OH is 1. The predicted octanol–water partition coefficient (Wildman–Crippen LogP) is 0.495. The van der Waals surface area contributed by atoms with Gasteiger partial charge in [-0.2, -0.15) is 0 Å². The van der Waals surface area contributed by atoms with Crippen molar-refractivity contribution < 1.29 is 29.0 Å². The van der Waals surface area contributed by atoms with Crippen LogP contribution < -0.4 is 27.0 Å². The molecule has 1 aromatic heterocycles. The highest BCUT2D eigenvalue weighted by atomic mass is 16.5. The Hall–Kier alpha value is -4.70. The molecule has 2 aromatic carbocycles. The van der Waals surface area contributed by atoms with E-state index in [0.717, 1.165) is 16.7 Å². The minimum atomic E-state index is -1.19. The van der Waals surface area contributed by atoms with Gasteiger partial charge in [-0.1, -0.05) is 87.5 Å². The molecule has 3 aromatic rings. The number of hydrogen-bond acceptors (Lipinski definition) is 10. The third-order valence-corrected chi connectivity index (χ3v) is 9.36. The van der Waals surface area contributed by atoms with E-state index in [-0.39, 0.29) is 44.5 Å². The van der Waals surface area contributed by atoms with Crippen molar-refractivity contribution in [3.05, 3.63) is 72.1 Å². The molecule has 0 saturated carbocycles. The Labute approximate surface area is 304 Å². The second-order valence-electron chi connectivity index (χ2n) is 14.7. The number of benzene rings is 2. The van der Waals surface area contributed by atoms with Gasteiger partial charge < -0.3 is 36.4 Å². The standard InChI is InChI=1S/C37H51N9O6/c1-23-16-30-35(50)42-28(17-24-10-12-26(13-11-24)25-8-6-5-7-9-25)33(48)40-19-31(47)41-29(18-38)34(49)39-14-15-52-22-27-21-46(44-43-27)32(37(2,3)4)36(51)45(30)20-23/h5-13,21,23,28-30,32,34,39,49H,14-20,22,38H2,1-4H3,(H,40,48)(H,41,47)(H,42,50)/t23-,28-,29-,30+,32-,34?/m1/s1. The molecule has 6 atom stereocenters. The van der Waals surface area contributed by atoms with Crippen molar-refractivity contribution in [2.75, 3.05) is 32.8 Å². The van der Waals surface area contributed by atoms with Gasteiger partial charge in [-0.25, -0.2) is 4.68 Å². The smallest absolute Gasteiger partial charge is 0.248 e. The fourth-order valence-electron chi connectivity index (χ4n) is 6.67. The van der Waals surface area contributed by atoms with E-state index in [2.05, 4.69) is 31.6 Å². The van der Waals surface area contributed by atoms with Crippen LogP contribution in [0.1, 0.15) is 51.4 Å². The van der Waals surface area contributed by atoms with Gasteiger partial charge in [0.25, 0.3) is 0 Å². The maximum atomic E-state index is 14.4. The van der Waals surface area contributed by atoms with Gasteiger partial charge >= 0.3 is 0 Å². The number of fused-ring (bicyclic) bond motifs is 3. The van der Waals surface area contributed by atoms with Crippen molar-refractivity contribution in [1.29, 1.82) is 0 Å². The average Bonchev–Trinajstić information content (AvgIpc) is 3.75. The lowest BCUT2D eigenvalue weighted by molar-refractivity contribution is -0.144. The second kappa shape index (κ2) is 17.2. The van der Waals surface area contributed by atoms with Crippen LogP contribution in [-0.2, 0) is 36.9 Å². The molecular weight excluding hydrogens is 666 g/mol. The molecule has 1 saturated heterocycles. The molecule has 5 rings (SSSR count). The molecule has 4 amide bonds. The van der Waals surface area contributed by atoms with Crippen molar-refractivity contribution in [3.8, 4) is 11.1 Å². The van der Waals surface area contributed by atoms with Crippen molar-refractivity contribution in [1.82, 2.24) is 41.2 Å². The van der Waals surface area contributed by atoms with E-state index < -0.39 is 60.1 Å². The molecule has 3 heterocycles. The third kappa shape index (κ3) is 9.79. The number of nitrogens with one attached hydrogen (secondary N) is 4. The van der Waals surface area contributed by atoms with Crippen LogP contribution >= 0.6 is 0 Å². The largest absolute Gasteiger partial charge is 0.376 e. The first-order chi connectivity index (χ1) is 24.8. The fraction of sp³-hybridized carbons (Fsp3) is 0.514. The summed E-state index contributed by atoms with van der Waals surface area (Å²) in [4.78, 5) is 56.7. The molecular formula is C37H51N9O6. The summed E-state index contributed by atoms with van der Waals surface area (Å²) >= 11 is 0. The average molecular weight is 718 g/mol. The Kier molecular flexibility index (Phi) is 12.8. The molecule has 15 nitrogen and oxygen atoms in total. The van der Waals surface area contributed by atoms with Gasteiger partial charge in [-0.15, -0.1) is 5.10 Å². The Morgan fingerprint density at radius 2 is 1.69 bits per heavy atom. The van der Waals surface area contributed by atoms with E-state index in [1.165, 1.54) is 4.68 Å². The van der Waals surface area contributed by atoms with Crippen molar-refractivity contribution >= 4 is 23.6 Å². The molecule has 0 spiro atoms. The summed E-state index contributed by atoms with van der Waals surface area (Å²) in [6.07, 6.45) is 1.02. The number of rotatable bonds is 4. The first-order valence-electron chi connectivity index (χ1n) is 17.8. The zero-order valence-corrected chi connectivity index (χ0v) is 30.2. The van der Waals surface area contributed by atoms with E-state index in [1.54, 1.807) is 11.1 Å². The number of nitrogens with two attached hydrogens (primary N) is 1. The van der Waals surface area contributed by atoms with Crippen LogP contribution in [0.15, 0.2) is 60.8 Å². The molecule has 2 bridgehead atoms. The summed E-state index contributed by atoms with van der Waals surface area (Å²) in [5.74, 6) is -1.88. The Morgan fingerprint density at radius 1 is 0.981 bits per heavy atom. The zero-order valence-electron chi connectivity index (χ0n) is 30.2. The molecule has 1 fully saturated rings. The van der Waals surface area contributed by atoms with Gasteiger partial charge in [-0.05, 0) is 34.4 Å². The normalized spacial score (nSPS) is 26.0. The summed E-state index contributed by atoms with van der Waals surface area (Å²) in [7, 11) is 0. The molecule has 2 aliphatic heterocycles. The molecule has 52 heavy (non-hydrogen) atoms. The topological polar surface area (TPSA) is 206 Å². The minimum absolute atomic E-state index is 0.0236. The van der Waals surface area contributed by atoms with Crippen molar-refractivity contribution in [2.45, 2.75) is 77.5 Å².